The first-order valence-corrected chi connectivity index (χ1v) is 7.68. The number of hydrogen-bond donors (Lipinski definition) is 1. The van der Waals surface area contributed by atoms with Crippen LogP contribution in [0.1, 0.15) is 18.1 Å². The van der Waals surface area contributed by atoms with Crippen LogP contribution in [0.5, 0.6) is 0 Å². The standard InChI is InChI=1S/C18H19ClN2O2/c1-13-3-9-17(10-4-13)20-18(23)12-21(14(2)22)11-15-5-7-16(19)8-6-15/h3-10H,11-12H2,1-2H3,(H,20,23). The molecule has 2 rings (SSSR count). The van der Waals surface area contributed by atoms with Crippen LogP contribution in [-0.4, -0.2) is 23.3 Å². The van der Waals surface area contributed by atoms with Crippen LogP contribution >= 0.6 is 11.6 Å². The Balaban J connectivity index is 1.98. The number of benzene rings is 2. The van der Waals surface area contributed by atoms with Crippen molar-refractivity contribution in [2.75, 3.05) is 11.9 Å². The fourth-order valence-electron chi connectivity index (χ4n) is 2.10. The molecule has 5 heteroatoms. The monoisotopic (exact) mass is 330 g/mol. The molecule has 4 nitrogen and oxygen atoms in total. The van der Waals surface area contributed by atoms with Crippen molar-refractivity contribution in [1.29, 1.82) is 0 Å². The van der Waals surface area contributed by atoms with E-state index in [1.165, 1.54) is 11.8 Å². The van der Waals surface area contributed by atoms with Crippen molar-refractivity contribution < 1.29 is 9.59 Å². The molecule has 0 saturated carbocycles. The Hall–Kier alpha value is -2.33. The highest BCUT2D eigenvalue weighted by Gasteiger charge is 2.14. The molecule has 0 radical (unpaired) electrons. The summed E-state index contributed by atoms with van der Waals surface area (Å²) < 4.78 is 0. The summed E-state index contributed by atoms with van der Waals surface area (Å²) in [5.74, 6) is -0.378. The zero-order valence-electron chi connectivity index (χ0n) is 13.2. The summed E-state index contributed by atoms with van der Waals surface area (Å²) in [6.07, 6.45) is 0. The summed E-state index contributed by atoms with van der Waals surface area (Å²) in [5.41, 5.74) is 2.76. The highest BCUT2D eigenvalue weighted by Crippen LogP contribution is 2.12. The molecule has 2 amide bonds. The summed E-state index contributed by atoms with van der Waals surface area (Å²) in [6.45, 7) is 3.81. The SMILES string of the molecule is CC(=O)N(CC(=O)Nc1ccc(C)cc1)Cc1ccc(Cl)cc1. The van der Waals surface area contributed by atoms with Crippen molar-refractivity contribution >= 4 is 29.1 Å². The van der Waals surface area contributed by atoms with Crippen LogP contribution in [0.2, 0.25) is 5.02 Å². The van der Waals surface area contributed by atoms with Crippen LogP contribution in [0.4, 0.5) is 5.69 Å². The van der Waals surface area contributed by atoms with Gasteiger partial charge in [-0.05, 0) is 36.8 Å². The molecule has 0 aliphatic carbocycles. The van der Waals surface area contributed by atoms with Crippen LogP contribution in [0.25, 0.3) is 0 Å². The maximum Gasteiger partial charge on any atom is 0.244 e. The third-order valence-electron chi connectivity index (χ3n) is 3.40. The summed E-state index contributed by atoms with van der Waals surface area (Å²) in [4.78, 5) is 25.4. The van der Waals surface area contributed by atoms with Gasteiger partial charge in [0.05, 0.1) is 0 Å². The second-order valence-corrected chi connectivity index (χ2v) is 5.85. The average molecular weight is 331 g/mol. The second-order valence-electron chi connectivity index (χ2n) is 5.42. The van der Waals surface area contributed by atoms with E-state index in [4.69, 9.17) is 11.6 Å². The number of anilines is 1. The molecular formula is C18H19ClN2O2. The fourth-order valence-corrected chi connectivity index (χ4v) is 2.23. The van der Waals surface area contributed by atoms with Crippen LogP contribution in [0.15, 0.2) is 48.5 Å². The molecule has 0 heterocycles. The molecule has 120 valence electrons. The average Bonchev–Trinajstić information content (AvgIpc) is 2.51. The van der Waals surface area contributed by atoms with Gasteiger partial charge in [0.1, 0.15) is 6.54 Å². The molecule has 0 saturated heterocycles. The molecule has 0 aliphatic heterocycles. The van der Waals surface area contributed by atoms with Crippen molar-refractivity contribution in [2.45, 2.75) is 20.4 Å². The van der Waals surface area contributed by atoms with E-state index in [0.717, 1.165) is 16.8 Å². The topological polar surface area (TPSA) is 49.4 Å². The molecule has 0 unspecified atom stereocenters. The molecule has 0 fully saturated rings. The number of halogens is 1. The third kappa shape index (κ3) is 5.42. The molecule has 0 aliphatic rings. The Labute approximate surface area is 141 Å². The minimum atomic E-state index is -0.224. The predicted molar refractivity (Wildman–Crippen MR) is 92.4 cm³/mol. The number of hydrogen-bond acceptors (Lipinski definition) is 2. The fraction of sp³-hybridized carbons (Fsp3) is 0.222. The number of nitrogens with one attached hydrogen (secondary N) is 1. The molecule has 2 aromatic rings. The third-order valence-corrected chi connectivity index (χ3v) is 3.65. The lowest BCUT2D eigenvalue weighted by molar-refractivity contribution is -0.133. The van der Waals surface area contributed by atoms with Crippen LogP contribution in [0, 0.1) is 6.92 Å². The Bertz CT molecular complexity index is 681. The van der Waals surface area contributed by atoms with Gasteiger partial charge in [-0.15, -0.1) is 0 Å². The molecule has 1 N–H and O–H groups in total. The molecular weight excluding hydrogens is 312 g/mol. The van der Waals surface area contributed by atoms with Gasteiger partial charge in [-0.3, -0.25) is 9.59 Å². The van der Waals surface area contributed by atoms with Gasteiger partial charge < -0.3 is 10.2 Å². The van der Waals surface area contributed by atoms with Crippen LogP contribution in [-0.2, 0) is 16.1 Å². The highest BCUT2D eigenvalue weighted by molar-refractivity contribution is 6.30. The molecule has 0 spiro atoms. The highest BCUT2D eigenvalue weighted by atomic mass is 35.5. The maximum absolute atomic E-state index is 12.1. The van der Waals surface area contributed by atoms with Crippen molar-refractivity contribution in [1.82, 2.24) is 4.90 Å². The number of rotatable bonds is 5. The first-order chi connectivity index (χ1) is 10.9. The summed E-state index contributed by atoms with van der Waals surface area (Å²) in [5, 5.41) is 3.43. The summed E-state index contributed by atoms with van der Waals surface area (Å²) in [6, 6.07) is 14.7. The number of aryl methyl sites for hydroxylation is 1. The molecule has 0 bridgehead atoms. The largest absolute Gasteiger partial charge is 0.329 e. The zero-order valence-corrected chi connectivity index (χ0v) is 13.9. The van der Waals surface area contributed by atoms with Crippen molar-refractivity contribution in [3.05, 3.63) is 64.7 Å². The Morgan fingerprint density at radius 1 is 1.04 bits per heavy atom. The van der Waals surface area contributed by atoms with Crippen molar-refractivity contribution in [2.24, 2.45) is 0 Å². The van der Waals surface area contributed by atoms with Gasteiger partial charge in [0, 0.05) is 24.2 Å². The number of nitrogens with zero attached hydrogens (tertiary/aromatic N) is 1. The maximum atomic E-state index is 12.1. The van der Waals surface area contributed by atoms with Crippen molar-refractivity contribution in [3.63, 3.8) is 0 Å². The number of amides is 2. The van der Waals surface area contributed by atoms with E-state index in [1.54, 1.807) is 12.1 Å². The lowest BCUT2D eigenvalue weighted by atomic mass is 10.2. The van der Waals surface area contributed by atoms with E-state index in [2.05, 4.69) is 5.32 Å². The number of carbonyl (C=O) groups is 2. The van der Waals surface area contributed by atoms with Crippen LogP contribution < -0.4 is 5.32 Å². The molecule has 2 aromatic carbocycles. The number of carbonyl (C=O) groups excluding carboxylic acids is 2. The quantitative estimate of drug-likeness (QED) is 0.910. The first-order valence-electron chi connectivity index (χ1n) is 7.30. The van der Waals surface area contributed by atoms with E-state index in [-0.39, 0.29) is 18.4 Å². The van der Waals surface area contributed by atoms with E-state index in [9.17, 15) is 9.59 Å². The van der Waals surface area contributed by atoms with Gasteiger partial charge in [-0.25, -0.2) is 0 Å². The Morgan fingerprint density at radius 3 is 2.22 bits per heavy atom. The van der Waals surface area contributed by atoms with Gasteiger partial charge in [0.25, 0.3) is 0 Å². The zero-order chi connectivity index (χ0) is 16.8. The van der Waals surface area contributed by atoms with Gasteiger partial charge in [-0.2, -0.15) is 0 Å². The first kappa shape index (κ1) is 17.0. The Kier molecular flexibility index (Phi) is 5.77. The van der Waals surface area contributed by atoms with Crippen LogP contribution in [0.3, 0.4) is 0 Å². The lowest BCUT2D eigenvalue weighted by Crippen LogP contribution is -2.36. The van der Waals surface area contributed by atoms with E-state index in [1.807, 2.05) is 43.3 Å². The normalized spacial score (nSPS) is 10.2. The smallest absolute Gasteiger partial charge is 0.244 e. The van der Waals surface area contributed by atoms with E-state index < -0.39 is 0 Å². The van der Waals surface area contributed by atoms with Gasteiger partial charge in [0.2, 0.25) is 11.8 Å². The lowest BCUT2D eigenvalue weighted by Gasteiger charge is -2.20. The van der Waals surface area contributed by atoms with E-state index >= 15 is 0 Å². The van der Waals surface area contributed by atoms with E-state index in [0.29, 0.717) is 11.6 Å². The van der Waals surface area contributed by atoms with Crippen molar-refractivity contribution in [3.8, 4) is 0 Å². The van der Waals surface area contributed by atoms with Gasteiger partial charge in [-0.1, -0.05) is 41.4 Å². The minimum absolute atomic E-state index is 0.00579. The second kappa shape index (κ2) is 7.79. The minimum Gasteiger partial charge on any atom is -0.329 e. The molecule has 0 aromatic heterocycles. The predicted octanol–water partition coefficient (Wildman–Crippen LogP) is 3.64. The van der Waals surface area contributed by atoms with Gasteiger partial charge in [0.15, 0.2) is 0 Å². The summed E-state index contributed by atoms with van der Waals surface area (Å²) in [7, 11) is 0. The molecule has 23 heavy (non-hydrogen) atoms. The summed E-state index contributed by atoms with van der Waals surface area (Å²) >= 11 is 5.85. The Morgan fingerprint density at radius 2 is 1.65 bits per heavy atom. The molecule has 0 atom stereocenters. The van der Waals surface area contributed by atoms with Gasteiger partial charge >= 0.3 is 0 Å².